The maximum atomic E-state index is 12.4. The normalized spacial score (nSPS) is 10.5. The quantitative estimate of drug-likeness (QED) is 0.555. The molecular weight excluding hydrogens is 348 g/mol. The molecule has 0 aliphatic heterocycles. The van der Waals surface area contributed by atoms with Gasteiger partial charge in [0.15, 0.2) is 5.11 Å². The molecule has 0 aliphatic rings. The SMILES string of the molecule is COc1ccc(CNC(=S)NNC(=O)c2cc(C)n(C(C)C)c2C)cc1. The Morgan fingerprint density at radius 2 is 1.85 bits per heavy atom. The van der Waals surface area contributed by atoms with Crippen LogP contribution in [0.3, 0.4) is 0 Å². The van der Waals surface area contributed by atoms with Crippen LogP contribution < -0.4 is 20.9 Å². The van der Waals surface area contributed by atoms with Crippen molar-refractivity contribution in [3.63, 3.8) is 0 Å². The molecule has 0 spiro atoms. The molecule has 1 heterocycles. The zero-order valence-electron chi connectivity index (χ0n) is 15.8. The second-order valence-corrected chi connectivity index (χ2v) is 6.77. The summed E-state index contributed by atoms with van der Waals surface area (Å²) in [4.78, 5) is 12.4. The minimum atomic E-state index is -0.210. The summed E-state index contributed by atoms with van der Waals surface area (Å²) in [6.07, 6.45) is 0. The lowest BCUT2D eigenvalue weighted by atomic mass is 10.2. The fraction of sp³-hybridized carbons (Fsp3) is 0.368. The van der Waals surface area contributed by atoms with Gasteiger partial charge in [0.05, 0.1) is 12.7 Å². The molecule has 140 valence electrons. The third-order valence-electron chi connectivity index (χ3n) is 4.15. The molecule has 6 nitrogen and oxygen atoms in total. The van der Waals surface area contributed by atoms with Crippen LogP contribution in [0, 0.1) is 13.8 Å². The summed E-state index contributed by atoms with van der Waals surface area (Å²) in [7, 11) is 1.63. The lowest BCUT2D eigenvalue weighted by Crippen LogP contribution is -2.46. The lowest BCUT2D eigenvalue weighted by molar-refractivity contribution is 0.0943. The van der Waals surface area contributed by atoms with Gasteiger partial charge in [-0.15, -0.1) is 0 Å². The summed E-state index contributed by atoms with van der Waals surface area (Å²) < 4.78 is 7.26. The molecule has 2 rings (SSSR count). The second kappa shape index (κ2) is 8.71. The smallest absolute Gasteiger partial charge is 0.271 e. The highest BCUT2D eigenvalue weighted by Gasteiger charge is 2.17. The van der Waals surface area contributed by atoms with Crippen molar-refractivity contribution in [3.8, 4) is 5.75 Å². The van der Waals surface area contributed by atoms with Crippen molar-refractivity contribution < 1.29 is 9.53 Å². The summed E-state index contributed by atoms with van der Waals surface area (Å²) in [5.41, 5.74) is 9.09. The maximum Gasteiger partial charge on any atom is 0.271 e. The third kappa shape index (κ3) is 4.76. The second-order valence-electron chi connectivity index (χ2n) is 6.36. The maximum absolute atomic E-state index is 12.4. The molecule has 0 atom stereocenters. The van der Waals surface area contributed by atoms with E-state index in [-0.39, 0.29) is 5.91 Å². The van der Waals surface area contributed by atoms with Crippen LogP contribution in [0.15, 0.2) is 30.3 Å². The highest BCUT2D eigenvalue weighted by Crippen LogP contribution is 2.19. The van der Waals surface area contributed by atoms with E-state index >= 15 is 0 Å². The monoisotopic (exact) mass is 374 g/mol. The summed E-state index contributed by atoms with van der Waals surface area (Å²) >= 11 is 5.21. The van der Waals surface area contributed by atoms with E-state index in [0.29, 0.717) is 23.3 Å². The largest absolute Gasteiger partial charge is 0.497 e. The van der Waals surface area contributed by atoms with Gasteiger partial charge in [-0.2, -0.15) is 0 Å². The Morgan fingerprint density at radius 3 is 2.38 bits per heavy atom. The van der Waals surface area contributed by atoms with Crippen LogP contribution in [0.4, 0.5) is 0 Å². The fourth-order valence-electron chi connectivity index (χ4n) is 2.95. The van der Waals surface area contributed by atoms with Crippen LogP contribution in [0.2, 0.25) is 0 Å². The Balaban J connectivity index is 1.87. The van der Waals surface area contributed by atoms with Gasteiger partial charge >= 0.3 is 0 Å². The van der Waals surface area contributed by atoms with E-state index in [1.807, 2.05) is 44.2 Å². The predicted octanol–water partition coefficient (Wildman–Crippen LogP) is 3.00. The van der Waals surface area contributed by atoms with Gasteiger partial charge in [0.2, 0.25) is 0 Å². The number of ether oxygens (including phenoxy) is 1. The summed E-state index contributed by atoms with van der Waals surface area (Å²) in [6.45, 7) is 8.68. The van der Waals surface area contributed by atoms with E-state index in [1.54, 1.807) is 7.11 Å². The van der Waals surface area contributed by atoms with Gasteiger partial charge < -0.3 is 14.6 Å². The number of rotatable bonds is 5. The number of hydrogen-bond donors (Lipinski definition) is 3. The van der Waals surface area contributed by atoms with Crippen molar-refractivity contribution in [2.75, 3.05) is 7.11 Å². The Labute approximate surface area is 159 Å². The Bertz CT molecular complexity index is 782. The van der Waals surface area contributed by atoms with E-state index in [0.717, 1.165) is 22.7 Å². The zero-order valence-corrected chi connectivity index (χ0v) is 16.7. The number of thiocarbonyl (C=S) groups is 1. The number of hydrogen-bond acceptors (Lipinski definition) is 3. The van der Waals surface area contributed by atoms with Gasteiger partial charge in [0, 0.05) is 24.0 Å². The van der Waals surface area contributed by atoms with Crippen LogP contribution >= 0.6 is 12.2 Å². The standard InChI is InChI=1S/C19H26N4O2S/c1-12(2)23-13(3)10-17(14(23)4)18(24)21-22-19(26)20-11-15-6-8-16(25-5)9-7-15/h6-10,12H,11H2,1-5H3,(H,21,24)(H2,20,22,26). The van der Waals surface area contributed by atoms with E-state index in [1.165, 1.54) is 0 Å². The van der Waals surface area contributed by atoms with E-state index < -0.39 is 0 Å². The number of nitrogens with zero attached hydrogens (tertiary/aromatic N) is 1. The fourth-order valence-corrected chi connectivity index (χ4v) is 3.08. The van der Waals surface area contributed by atoms with Gasteiger partial charge in [-0.1, -0.05) is 12.1 Å². The molecular formula is C19H26N4O2S. The molecule has 0 aliphatic carbocycles. The predicted molar refractivity (Wildman–Crippen MR) is 107 cm³/mol. The van der Waals surface area contributed by atoms with Crippen molar-refractivity contribution in [2.24, 2.45) is 0 Å². The van der Waals surface area contributed by atoms with Crippen LogP contribution in [0.1, 0.15) is 47.2 Å². The minimum absolute atomic E-state index is 0.210. The minimum Gasteiger partial charge on any atom is -0.497 e. The number of carbonyl (C=O) groups excluding carboxylic acids is 1. The number of carbonyl (C=O) groups is 1. The van der Waals surface area contributed by atoms with Gasteiger partial charge in [0.1, 0.15) is 5.75 Å². The molecule has 3 N–H and O–H groups in total. The van der Waals surface area contributed by atoms with Gasteiger partial charge in [0.25, 0.3) is 5.91 Å². The Kier molecular flexibility index (Phi) is 6.63. The molecule has 1 aromatic carbocycles. The molecule has 26 heavy (non-hydrogen) atoms. The van der Waals surface area contributed by atoms with Crippen molar-refractivity contribution >= 4 is 23.2 Å². The molecule has 2 aromatic rings. The van der Waals surface area contributed by atoms with Gasteiger partial charge in [-0.05, 0) is 63.7 Å². The van der Waals surface area contributed by atoms with Crippen molar-refractivity contribution in [1.29, 1.82) is 0 Å². The molecule has 0 fully saturated rings. The molecule has 0 saturated carbocycles. The van der Waals surface area contributed by atoms with Gasteiger partial charge in [-0.25, -0.2) is 0 Å². The average molecular weight is 375 g/mol. The Morgan fingerprint density at radius 1 is 1.19 bits per heavy atom. The van der Waals surface area contributed by atoms with Crippen molar-refractivity contribution in [1.82, 2.24) is 20.7 Å². The van der Waals surface area contributed by atoms with Crippen LogP contribution in [-0.2, 0) is 6.54 Å². The number of hydrazine groups is 1. The number of benzene rings is 1. The molecule has 1 amide bonds. The lowest BCUT2D eigenvalue weighted by Gasteiger charge is -2.14. The number of aromatic nitrogens is 1. The first-order valence-electron chi connectivity index (χ1n) is 8.49. The molecule has 0 bridgehead atoms. The van der Waals surface area contributed by atoms with E-state index in [9.17, 15) is 4.79 Å². The summed E-state index contributed by atoms with van der Waals surface area (Å²) in [5, 5.41) is 3.41. The van der Waals surface area contributed by atoms with E-state index in [4.69, 9.17) is 17.0 Å². The Hall–Kier alpha value is -2.54. The molecule has 0 unspecified atom stereocenters. The summed E-state index contributed by atoms with van der Waals surface area (Å²) in [6, 6.07) is 9.87. The third-order valence-corrected chi connectivity index (χ3v) is 4.39. The number of nitrogens with one attached hydrogen (secondary N) is 3. The first-order valence-corrected chi connectivity index (χ1v) is 8.89. The highest BCUT2D eigenvalue weighted by atomic mass is 32.1. The molecule has 0 radical (unpaired) electrons. The number of aryl methyl sites for hydroxylation is 1. The van der Waals surface area contributed by atoms with Crippen LogP contribution in [-0.4, -0.2) is 22.7 Å². The topological polar surface area (TPSA) is 67.3 Å². The molecule has 1 aromatic heterocycles. The zero-order chi connectivity index (χ0) is 19.3. The van der Waals surface area contributed by atoms with Gasteiger partial charge in [-0.3, -0.25) is 15.6 Å². The average Bonchev–Trinajstić information content (AvgIpc) is 2.92. The van der Waals surface area contributed by atoms with Crippen LogP contribution in [0.5, 0.6) is 5.75 Å². The van der Waals surface area contributed by atoms with E-state index in [2.05, 4.69) is 34.6 Å². The number of methoxy groups -OCH3 is 1. The van der Waals surface area contributed by atoms with Crippen molar-refractivity contribution in [3.05, 3.63) is 52.8 Å². The molecule has 0 saturated heterocycles. The molecule has 7 heteroatoms. The van der Waals surface area contributed by atoms with Crippen molar-refractivity contribution in [2.45, 2.75) is 40.3 Å². The van der Waals surface area contributed by atoms with Crippen LogP contribution in [0.25, 0.3) is 0 Å². The first-order chi connectivity index (χ1) is 12.3. The highest BCUT2D eigenvalue weighted by molar-refractivity contribution is 7.80. The number of amides is 1. The first kappa shape index (κ1) is 19.8. The summed E-state index contributed by atoms with van der Waals surface area (Å²) in [5.74, 6) is 0.597.